The molecule has 1 atom stereocenters. The average Bonchev–Trinajstić information content (AvgIpc) is 2.61. The van der Waals surface area contributed by atoms with E-state index >= 15 is 0 Å². The average molecular weight is 431 g/mol. The number of nitrogens with zero attached hydrogens (tertiary/aromatic N) is 2. The summed E-state index contributed by atoms with van der Waals surface area (Å²) in [7, 11) is -4.35. The molecule has 9 heteroatoms. The third-order valence-electron chi connectivity index (χ3n) is 4.04. The van der Waals surface area contributed by atoms with Gasteiger partial charge in [0.1, 0.15) is 11.5 Å². The summed E-state index contributed by atoms with van der Waals surface area (Å²) in [6.07, 6.45) is 5.04. The molecule has 1 unspecified atom stereocenters. The summed E-state index contributed by atoms with van der Waals surface area (Å²) in [6, 6.07) is 13.0. The lowest BCUT2D eigenvalue weighted by Gasteiger charge is -2.14. The Kier molecular flexibility index (Phi) is 8.08. The molecule has 1 aromatic carbocycles. The molecule has 0 fully saturated rings. The summed E-state index contributed by atoms with van der Waals surface area (Å²) in [5.41, 5.74) is 1.75. The van der Waals surface area contributed by atoms with Crippen LogP contribution in [0.4, 0.5) is 4.39 Å². The van der Waals surface area contributed by atoms with Crippen molar-refractivity contribution in [3.63, 3.8) is 0 Å². The molecule has 0 saturated heterocycles. The van der Waals surface area contributed by atoms with Gasteiger partial charge in [-0.15, -0.1) is 12.4 Å². The molecule has 0 radical (unpaired) electrons. The predicted octanol–water partition coefficient (Wildman–Crippen LogP) is 0.829. The molecule has 27 heavy (non-hydrogen) atoms. The van der Waals surface area contributed by atoms with Crippen LogP contribution in [0.3, 0.4) is 0 Å². The van der Waals surface area contributed by atoms with Gasteiger partial charge in [0.15, 0.2) is 6.20 Å². The van der Waals surface area contributed by atoms with E-state index in [9.17, 15) is 18.7 Å². The van der Waals surface area contributed by atoms with E-state index in [1.165, 1.54) is 19.1 Å². The van der Waals surface area contributed by atoms with Gasteiger partial charge in [-0.1, -0.05) is 0 Å². The second-order valence-corrected chi connectivity index (χ2v) is 7.64. The summed E-state index contributed by atoms with van der Waals surface area (Å²) < 4.78 is 26.7. The van der Waals surface area contributed by atoms with Gasteiger partial charge in [0.2, 0.25) is 11.4 Å². The Bertz CT molecular complexity index is 937. The van der Waals surface area contributed by atoms with Gasteiger partial charge >= 0.3 is 7.60 Å². The SMILES string of the molecule is CC(c1cc(-c2ccncc2)cc[n+]1-c1ccc(F)cc1)P(=O)(O)O.Cl.[Cl-]. The van der Waals surface area contributed by atoms with Gasteiger partial charge in [-0.2, -0.15) is 4.57 Å². The van der Waals surface area contributed by atoms with E-state index in [0.717, 1.165) is 11.1 Å². The lowest BCUT2D eigenvalue weighted by atomic mass is 10.1. The fraction of sp³-hybridized carbons (Fsp3) is 0.111. The maximum Gasteiger partial charge on any atom is 0.338 e. The van der Waals surface area contributed by atoms with Crippen LogP contribution in [0.5, 0.6) is 0 Å². The van der Waals surface area contributed by atoms with Crippen molar-refractivity contribution in [1.82, 2.24) is 4.98 Å². The van der Waals surface area contributed by atoms with E-state index in [1.807, 2.05) is 18.2 Å². The van der Waals surface area contributed by atoms with Crippen molar-refractivity contribution in [1.29, 1.82) is 0 Å². The third kappa shape index (κ3) is 5.34. The van der Waals surface area contributed by atoms with Crippen molar-refractivity contribution < 1.29 is 35.7 Å². The van der Waals surface area contributed by atoms with Crippen LogP contribution < -0.4 is 17.0 Å². The maximum atomic E-state index is 13.2. The van der Waals surface area contributed by atoms with Gasteiger partial charge in [0, 0.05) is 36.7 Å². The van der Waals surface area contributed by atoms with Crippen LogP contribution >= 0.6 is 20.0 Å². The highest BCUT2D eigenvalue weighted by atomic mass is 35.5. The van der Waals surface area contributed by atoms with E-state index in [1.54, 1.807) is 41.4 Å². The highest BCUT2D eigenvalue weighted by Crippen LogP contribution is 2.50. The van der Waals surface area contributed by atoms with Crippen LogP contribution in [0.15, 0.2) is 67.1 Å². The molecule has 3 aromatic rings. The smallest absolute Gasteiger partial charge is 0.338 e. The lowest BCUT2D eigenvalue weighted by Crippen LogP contribution is -3.00. The molecule has 144 valence electrons. The van der Waals surface area contributed by atoms with Gasteiger partial charge in [-0.25, -0.2) is 4.39 Å². The van der Waals surface area contributed by atoms with Crippen LogP contribution in [0, 0.1) is 5.82 Å². The number of aromatic nitrogens is 2. The summed E-state index contributed by atoms with van der Waals surface area (Å²) in [5, 5.41) is 0. The van der Waals surface area contributed by atoms with Gasteiger partial charge in [-0.05, 0) is 42.3 Å². The van der Waals surface area contributed by atoms with Gasteiger partial charge in [0.25, 0.3) is 0 Å². The Morgan fingerprint density at radius 1 is 1.04 bits per heavy atom. The maximum absolute atomic E-state index is 13.2. The van der Waals surface area contributed by atoms with Crippen LogP contribution in [-0.4, -0.2) is 14.8 Å². The van der Waals surface area contributed by atoms with Crippen molar-refractivity contribution in [2.45, 2.75) is 12.6 Å². The van der Waals surface area contributed by atoms with Gasteiger partial charge in [-0.3, -0.25) is 9.55 Å². The van der Waals surface area contributed by atoms with Crippen molar-refractivity contribution >= 4 is 20.0 Å². The van der Waals surface area contributed by atoms with Crippen LogP contribution in [0.2, 0.25) is 0 Å². The number of benzene rings is 1. The zero-order chi connectivity index (χ0) is 18.0. The quantitative estimate of drug-likeness (QED) is 0.474. The Labute approximate surface area is 168 Å². The van der Waals surface area contributed by atoms with Crippen LogP contribution in [0.25, 0.3) is 16.8 Å². The first-order valence-corrected chi connectivity index (χ1v) is 9.31. The fourth-order valence-electron chi connectivity index (χ4n) is 2.57. The molecular formula is C18H18Cl2FN2O3P. The molecule has 0 amide bonds. The van der Waals surface area contributed by atoms with Crippen LogP contribution in [0.1, 0.15) is 18.3 Å². The Balaban J connectivity index is 0.00000182. The third-order valence-corrected chi connectivity index (χ3v) is 5.31. The number of hydrogen-bond acceptors (Lipinski definition) is 2. The van der Waals surface area contributed by atoms with Crippen molar-refractivity contribution in [2.24, 2.45) is 0 Å². The molecule has 2 heterocycles. The van der Waals surface area contributed by atoms with Crippen molar-refractivity contribution in [2.75, 3.05) is 0 Å². The highest BCUT2D eigenvalue weighted by Gasteiger charge is 2.34. The molecule has 0 aliphatic rings. The minimum atomic E-state index is -4.35. The lowest BCUT2D eigenvalue weighted by molar-refractivity contribution is -0.604. The Morgan fingerprint density at radius 3 is 2.19 bits per heavy atom. The Hall–Kier alpha value is -1.82. The number of hydrogen-bond donors (Lipinski definition) is 2. The molecule has 0 aliphatic heterocycles. The molecule has 2 aromatic heterocycles. The highest BCUT2D eigenvalue weighted by molar-refractivity contribution is 7.52. The first-order chi connectivity index (χ1) is 11.9. The number of pyridine rings is 2. The molecule has 3 rings (SSSR count). The minimum absolute atomic E-state index is 0. The molecule has 0 bridgehead atoms. The summed E-state index contributed by atoms with van der Waals surface area (Å²) >= 11 is 0. The van der Waals surface area contributed by atoms with E-state index in [-0.39, 0.29) is 30.6 Å². The fourth-order valence-corrected chi connectivity index (χ4v) is 3.12. The summed E-state index contributed by atoms with van der Waals surface area (Å²) in [4.78, 5) is 23.3. The second kappa shape index (κ2) is 9.40. The molecule has 0 saturated carbocycles. The normalized spacial score (nSPS) is 11.9. The second-order valence-electron chi connectivity index (χ2n) is 5.69. The topological polar surface area (TPSA) is 74.3 Å². The first-order valence-electron chi connectivity index (χ1n) is 7.63. The number of rotatable bonds is 4. The summed E-state index contributed by atoms with van der Waals surface area (Å²) in [6.45, 7) is 1.48. The van der Waals surface area contributed by atoms with E-state index < -0.39 is 13.3 Å². The van der Waals surface area contributed by atoms with Crippen molar-refractivity contribution in [3.05, 3.63) is 78.6 Å². The largest absolute Gasteiger partial charge is 1.00 e. The minimum Gasteiger partial charge on any atom is -1.00 e. The van der Waals surface area contributed by atoms with E-state index in [0.29, 0.717) is 11.4 Å². The molecule has 0 spiro atoms. The Morgan fingerprint density at radius 2 is 1.63 bits per heavy atom. The zero-order valence-corrected chi connectivity index (χ0v) is 16.7. The first kappa shape index (κ1) is 23.2. The predicted molar refractivity (Wildman–Crippen MR) is 98.9 cm³/mol. The summed E-state index contributed by atoms with van der Waals surface area (Å²) in [5.74, 6) is -0.373. The van der Waals surface area contributed by atoms with Gasteiger partial charge < -0.3 is 22.2 Å². The molecule has 2 N–H and O–H groups in total. The van der Waals surface area contributed by atoms with Crippen molar-refractivity contribution in [3.8, 4) is 16.8 Å². The molecule has 5 nitrogen and oxygen atoms in total. The monoisotopic (exact) mass is 430 g/mol. The standard InChI is InChI=1S/C18H16FN2O3P.2ClH/c1-13(25(22,23)24)18-12-15(14-6-9-20-10-7-14)8-11-21(18)17-4-2-16(19)3-5-17;;/h2-13H,1H3,(H-,22,23,24);2*1H. The zero-order valence-electron chi connectivity index (χ0n) is 14.2. The van der Waals surface area contributed by atoms with Gasteiger partial charge in [0.05, 0.1) is 0 Å². The van der Waals surface area contributed by atoms with E-state index in [4.69, 9.17) is 0 Å². The molecule has 0 aliphatic carbocycles. The van der Waals surface area contributed by atoms with Crippen LogP contribution in [-0.2, 0) is 4.57 Å². The number of halogens is 3. The van der Waals surface area contributed by atoms with E-state index in [2.05, 4.69) is 4.98 Å². The molecular weight excluding hydrogens is 413 g/mol.